The molecule has 6 heteroatoms. The molecule has 1 aromatic carbocycles. The quantitative estimate of drug-likeness (QED) is 0.133. The summed E-state index contributed by atoms with van der Waals surface area (Å²) in [5.74, 6) is 6.60. The summed E-state index contributed by atoms with van der Waals surface area (Å²) in [5.41, 5.74) is 3.04. The van der Waals surface area contributed by atoms with Crippen molar-refractivity contribution in [2.24, 2.45) is 10.9 Å². The first-order chi connectivity index (χ1) is 17.4. The summed E-state index contributed by atoms with van der Waals surface area (Å²) in [5, 5.41) is 7.31. The molecule has 1 amide bonds. The van der Waals surface area contributed by atoms with Crippen LogP contribution in [-0.2, 0) is 4.79 Å². The van der Waals surface area contributed by atoms with Crippen LogP contribution in [0.1, 0.15) is 89.5 Å². The molecule has 0 heterocycles. The summed E-state index contributed by atoms with van der Waals surface area (Å²) in [6.07, 6.45) is 15.1. The maximum absolute atomic E-state index is 13.0. The lowest BCUT2D eigenvalue weighted by Crippen LogP contribution is -2.42. The first-order valence-electron chi connectivity index (χ1n) is 13.8. The van der Waals surface area contributed by atoms with E-state index in [2.05, 4.69) is 42.9 Å². The molecule has 0 saturated heterocycles. The minimum atomic E-state index is -0.120. The smallest absolute Gasteiger partial charge is 0.250 e. The average molecular weight is 495 g/mol. The maximum Gasteiger partial charge on any atom is 0.250 e. The van der Waals surface area contributed by atoms with E-state index >= 15 is 0 Å². The second-order valence-electron chi connectivity index (χ2n) is 10.6. The molecule has 0 aromatic heterocycles. The Kier molecular flexibility index (Phi) is 11.1. The van der Waals surface area contributed by atoms with Gasteiger partial charge in [0.1, 0.15) is 5.75 Å². The van der Waals surface area contributed by atoms with Crippen molar-refractivity contribution in [1.82, 2.24) is 10.2 Å². The number of nitrogens with two attached hydrogens (primary N) is 1. The van der Waals surface area contributed by atoms with Crippen LogP contribution in [0.5, 0.6) is 5.75 Å². The monoisotopic (exact) mass is 494 g/mol. The molecule has 0 atom stereocenters. The number of hydrazone groups is 1. The summed E-state index contributed by atoms with van der Waals surface area (Å²) in [6, 6.07) is 8.89. The number of hydrogen-bond donors (Lipinski definition) is 2. The number of allylic oxidation sites excluding steroid dienone is 1. The highest BCUT2D eigenvalue weighted by atomic mass is 16.5. The van der Waals surface area contributed by atoms with E-state index in [1.165, 1.54) is 19.3 Å². The zero-order chi connectivity index (χ0) is 25.9. The van der Waals surface area contributed by atoms with E-state index in [9.17, 15) is 4.79 Å². The maximum atomic E-state index is 13.0. The van der Waals surface area contributed by atoms with Crippen molar-refractivity contribution in [1.29, 1.82) is 0 Å². The number of benzene rings is 1. The molecule has 3 N–H and O–H groups in total. The van der Waals surface area contributed by atoms with Crippen LogP contribution in [0.3, 0.4) is 0 Å². The van der Waals surface area contributed by atoms with Gasteiger partial charge < -0.3 is 20.8 Å². The van der Waals surface area contributed by atoms with Crippen LogP contribution in [0.15, 0.2) is 47.6 Å². The molecule has 198 valence electrons. The molecule has 2 aliphatic carbocycles. The van der Waals surface area contributed by atoms with Gasteiger partial charge in [0.2, 0.25) is 0 Å². The third-order valence-corrected chi connectivity index (χ3v) is 7.63. The van der Waals surface area contributed by atoms with E-state index in [0.29, 0.717) is 17.7 Å². The molecule has 0 aliphatic heterocycles. The van der Waals surface area contributed by atoms with E-state index in [0.717, 1.165) is 80.4 Å². The van der Waals surface area contributed by atoms with Crippen LogP contribution in [-0.4, -0.2) is 48.8 Å². The first kappa shape index (κ1) is 28.0. The molecule has 2 fully saturated rings. The number of amides is 1. The molecule has 2 aliphatic rings. The lowest BCUT2D eigenvalue weighted by molar-refractivity contribution is -0.118. The fraction of sp³-hybridized carbons (Fsp3) is 0.600. The molecular formula is C30H46N4O2. The SMILES string of the molecule is C=C(/C=C(\C(CCCC)=N/N)c1ccc(OC2CCCCC2)cc1)C(=O)N[C@H]1CC[C@@H](N(C)C)CC1. The molecule has 0 unspecified atom stereocenters. The van der Waals surface area contributed by atoms with E-state index in [4.69, 9.17) is 10.6 Å². The van der Waals surface area contributed by atoms with Crippen molar-refractivity contribution in [3.63, 3.8) is 0 Å². The van der Waals surface area contributed by atoms with Gasteiger partial charge in [-0.15, -0.1) is 0 Å². The second kappa shape index (κ2) is 14.2. The van der Waals surface area contributed by atoms with Crippen LogP contribution in [0.4, 0.5) is 0 Å². The van der Waals surface area contributed by atoms with Crippen molar-refractivity contribution in [3.05, 3.63) is 48.1 Å². The van der Waals surface area contributed by atoms with E-state index in [-0.39, 0.29) is 11.9 Å². The van der Waals surface area contributed by atoms with Gasteiger partial charge in [-0.3, -0.25) is 4.79 Å². The van der Waals surface area contributed by atoms with Gasteiger partial charge in [-0.05, 0) is 102 Å². The minimum absolute atomic E-state index is 0.120. The van der Waals surface area contributed by atoms with Crippen molar-refractivity contribution in [3.8, 4) is 5.75 Å². The molecule has 6 nitrogen and oxygen atoms in total. The standard InChI is InChI=1S/C30H46N4O2/c1-5-6-12-29(33-31)28(23-13-19-27(20-14-23)36-26-10-8-7-9-11-26)21-22(2)30(35)32-24-15-17-25(18-16-24)34(3)4/h13-14,19-21,24-26H,2,5-12,15-18,31H2,1,3-4H3,(H,32,35)/b28-21-,33-29-/t24-,25+. The van der Waals surface area contributed by atoms with Crippen molar-refractivity contribution >= 4 is 17.2 Å². The predicted octanol–water partition coefficient (Wildman–Crippen LogP) is 5.83. The molecule has 0 bridgehead atoms. The molecule has 2 saturated carbocycles. The normalized spacial score (nSPS) is 21.9. The number of rotatable bonds is 11. The largest absolute Gasteiger partial charge is 0.490 e. The Balaban J connectivity index is 1.72. The van der Waals surface area contributed by atoms with Gasteiger partial charge >= 0.3 is 0 Å². The Morgan fingerprint density at radius 2 is 1.78 bits per heavy atom. The Bertz CT molecular complexity index is 905. The Labute approximate surface area is 218 Å². The summed E-state index contributed by atoms with van der Waals surface area (Å²) in [4.78, 5) is 15.3. The highest BCUT2D eigenvalue weighted by Crippen LogP contribution is 2.27. The summed E-state index contributed by atoms with van der Waals surface area (Å²) in [7, 11) is 4.25. The van der Waals surface area contributed by atoms with Gasteiger partial charge in [0, 0.05) is 23.2 Å². The van der Waals surface area contributed by atoms with E-state index in [1.807, 2.05) is 30.3 Å². The lowest BCUT2D eigenvalue weighted by atomic mass is 9.90. The van der Waals surface area contributed by atoms with Crippen molar-refractivity contribution < 1.29 is 9.53 Å². The zero-order valence-corrected chi connectivity index (χ0v) is 22.6. The van der Waals surface area contributed by atoms with Gasteiger partial charge in [-0.2, -0.15) is 5.10 Å². The number of hydrogen-bond acceptors (Lipinski definition) is 5. The highest BCUT2D eigenvalue weighted by molar-refractivity contribution is 6.25. The van der Waals surface area contributed by atoms with Crippen LogP contribution in [0, 0.1) is 0 Å². The van der Waals surface area contributed by atoms with Gasteiger partial charge in [0.25, 0.3) is 5.91 Å². The third-order valence-electron chi connectivity index (χ3n) is 7.63. The summed E-state index contributed by atoms with van der Waals surface area (Å²) >= 11 is 0. The minimum Gasteiger partial charge on any atom is -0.490 e. The van der Waals surface area contributed by atoms with Gasteiger partial charge in [0.05, 0.1) is 11.8 Å². The van der Waals surface area contributed by atoms with Gasteiger partial charge in [0.15, 0.2) is 0 Å². The molecule has 3 rings (SSSR count). The molecule has 1 aromatic rings. The van der Waals surface area contributed by atoms with Crippen LogP contribution >= 0.6 is 0 Å². The predicted molar refractivity (Wildman–Crippen MR) is 150 cm³/mol. The zero-order valence-electron chi connectivity index (χ0n) is 22.6. The fourth-order valence-electron chi connectivity index (χ4n) is 5.29. The molecule has 0 spiro atoms. The molecular weight excluding hydrogens is 448 g/mol. The van der Waals surface area contributed by atoms with Crippen molar-refractivity contribution in [2.75, 3.05) is 14.1 Å². The topological polar surface area (TPSA) is 80.0 Å². The number of carbonyl (C=O) groups is 1. The van der Waals surface area contributed by atoms with Crippen LogP contribution in [0.25, 0.3) is 5.57 Å². The number of nitrogens with zero attached hydrogens (tertiary/aromatic N) is 2. The van der Waals surface area contributed by atoms with E-state index < -0.39 is 0 Å². The van der Waals surface area contributed by atoms with Crippen LogP contribution in [0.2, 0.25) is 0 Å². The number of unbranched alkanes of at least 4 members (excludes halogenated alkanes) is 1. The van der Waals surface area contributed by atoms with Gasteiger partial charge in [-0.25, -0.2) is 0 Å². The summed E-state index contributed by atoms with van der Waals surface area (Å²) in [6.45, 7) is 6.25. The average Bonchev–Trinajstić information content (AvgIpc) is 2.89. The number of nitrogens with one attached hydrogen (secondary N) is 1. The van der Waals surface area contributed by atoms with Crippen LogP contribution < -0.4 is 15.9 Å². The van der Waals surface area contributed by atoms with Gasteiger partial charge in [-0.1, -0.05) is 38.5 Å². The number of ether oxygens (including phenoxy) is 1. The molecule has 0 radical (unpaired) electrons. The van der Waals surface area contributed by atoms with E-state index in [1.54, 1.807) is 0 Å². The summed E-state index contributed by atoms with van der Waals surface area (Å²) < 4.78 is 6.21. The Hall–Kier alpha value is -2.60. The second-order valence-corrected chi connectivity index (χ2v) is 10.6. The van der Waals surface area contributed by atoms with Crippen molar-refractivity contribution in [2.45, 2.75) is 102 Å². The number of carbonyl (C=O) groups excluding carboxylic acids is 1. The Morgan fingerprint density at radius 3 is 2.36 bits per heavy atom. The lowest BCUT2D eigenvalue weighted by Gasteiger charge is -2.33. The highest BCUT2D eigenvalue weighted by Gasteiger charge is 2.24. The first-order valence-corrected chi connectivity index (χ1v) is 13.8. The fourth-order valence-corrected chi connectivity index (χ4v) is 5.29. The third kappa shape index (κ3) is 8.22. The Morgan fingerprint density at radius 1 is 1.11 bits per heavy atom. The molecule has 36 heavy (non-hydrogen) atoms.